The van der Waals surface area contributed by atoms with Crippen molar-refractivity contribution >= 4 is 16.5 Å². The maximum atomic E-state index is 6.12. The molecule has 3 rings (SSSR count). The van der Waals surface area contributed by atoms with Crippen LogP contribution in [0.15, 0.2) is 36.4 Å². The maximum absolute atomic E-state index is 6.12. The van der Waals surface area contributed by atoms with Gasteiger partial charge in [0.1, 0.15) is 5.75 Å². The van der Waals surface area contributed by atoms with Gasteiger partial charge in [0.05, 0.1) is 24.2 Å². The summed E-state index contributed by atoms with van der Waals surface area (Å²) in [5, 5.41) is 6.66. The molecule has 4 nitrogen and oxygen atoms in total. The van der Waals surface area contributed by atoms with Gasteiger partial charge in [-0.15, -0.1) is 0 Å². The van der Waals surface area contributed by atoms with E-state index in [-0.39, 0.29) is 0 Å². The molecular formula is C16H17N3O. The van der Waals surface area contributed by atoms with Crippen molar-refractivity contribution in [2.24, 2.45) is 7.05 Å². The molecule has 0 spiro atoms. The normalized spacial score (nSPS) is 10.9. The van der Waals surface area contributed by atoms with Gasteiger partial charge >= 0.3 is 0 Å². The monoisotopic (exact) mass is 267 g/mol. The van der Waals surface area contributed by atoms with Gasteiger partial charge in [-0.05, 0) is 35.9 Å². The SMILES string of the molecule is COc1ccc2cc(-c3c(N)c(C)nn3C)ccc2c1. The Morgan fingerprint density at radius 3 is 2.45 bits per heavy atom. The number of benzene rings is 2. The molecule has 1 heterocycles. The van der Waals surface area contributed by atoms with Crippen LogP contribution < -0.4 is 10.5 Å². The standard InChI is InChI=1S/C16H17N3O/c1-10-15(17)16(19(2)18-10)13-5-4-12-9-14(20-3)7-6-11(12)8-13/h4-9H,17H2,1-3H3. The molecule has 4 heteroatoms. The minimum absolute atomic E-state index is 0.736. The van der Waals surface area contributed by atoms with Crippen LogP contribution in [-0.2, 0) is 7.05 Å². The fourth-order valence-electron chi connectivity index (χ4n) is 2.51. The molecule has 0 fully saturated rings. The molecule has 2 aromatic carbocycles. The first-order chi connectivity index (χ1) is 9.60. The molecule has 0 bridgehead atoms. The van der Waals surface area contributed by atoms with Gasteiger partial charge in [0.2, 0.25) is 0 Å². The van der Waals surface area contributed by atoms with Crippen molar-refractivity contribution in [3.63, 3.8) is 0 Å². The molecule has 0 aliphatic heterocycles. The number of nitrogen functional groups attached to an aromatic ring is 1. The van der Waals surface area contributed by atoms with E-state index >= 15 is 0 Å². The van der Waals surface area contributed by atoms with Gasteiger partial charge in [-0.3, -0.25) is 4.68 Å². The molecular weight excluding hydrogens is 250 g/mol. The minimum Gasteiger partial charge on any atom is -0.497 e. The van der Waals surface area contributed by atoms with E-state index in [0.29, 0.717) is 0 Å². The maximum Gasteiger partial charge on any atom is 0.119 e. The molecule has 1 aromatic heterocycles. The van der Waals surface area contributed by atoms with Crippen LogP contribution in [0.2, 0.25) is 0 Å². The van der Waals surface area contributed by atoms with Crippen molar-refractivity contribution < 1.29 is 4.74 Å². The van der Waals surface area contributed by atoms with Gasteiger partial charge in [0, 0.05) is 12.6 Å². The Morgan fingerprint density at radius 2 is 1.80 bits per heavy atom. The van der Waals surface area contributed by atoms with Crippen LogP contribution in [0.3, 0.4) is 0 Å². The van der Waals surface area contributed by atoms with Gasteiger partial charge in [-0.1, -0.05) is 18.2 Å². The number of fused-ring (bicyclic) bond motifs is 1. The first-order valence-electron chi connectivity index (χ1n) is 6.47. The summed E-state index contributed by atoms with van der Waals surface area (Å²) in [7, 11) is 3.59. The molecule has 0 aliphatic carbocycles. The molecule has 0 unspecified atom stereocenters. The number of rotatable bonds is 2. The third-order valence-electron chi connectivity index (χ3n) is 3.59. The second-order valence-corrected chi connectivity index (χ2v) is 4.90. The first-order valence-corrected chi connectivity index (χ1v) is 6.47. The fraction of sp³-hybridized carbons (Fsp3) is 0.188. The van der Waals surface area contributed by atoms with Crippen molar-refractivity contribution in [1.82, 2.24) is 9.78 Å². The summed E-state index contributed by atoms with van der Waals surface area (Å²) in [6.07, 6.45) is 0. The number of hydrogen-bond donors (Lipinski definition) is 1. The van der Waals surface area contributed by atoms with Crippen molar-refractivity contribution in [2.75, 3.05) is 12.8 Å². The Labute approximate surface area is 117 Å². The summed E-state index contributed by atoms with van der Waals surface area (Å²) in [4.78, 5) is 0. The Hall–Kier alpha value is -2.49. The summed E-state index contributed by atoms with van der Waals surface area (Å²) < 4.78 is 7.07. The zero-order valence-electron chi connectivity index (χ0n) is 11.8. The third kappa shape index (κ3) is 1.90. The molecule has 102 valence electrons. The number of ether oxygens (including phenoxy) is 1. The van der Waals surface area contributed by atoms with Crippen molar-refractivity contribution in [3.05, 3.63) is 42.1 Å². The molecule has 0 saturated heterocycles. The van der Waals surface area contributed by atoms with Gasteiger partial charge < -0.3 is 10.5 Å². The highest BCUT2D eigenvalue weighted by atomic mass is 16.5. The smallest absolute Gasteiger partial charge is 0.119 e. The molecule has 20 heavy (non-hydrogen) atoms. The Balaban J connectivity index is 2.18. The van der Waals surface area contributed by atoms with E-state index in [9.17, 15) is 0 Å². The molecule has 0 saturated carbocycles. The predicted octanol–water partition coefficient (Wildman–Crippen LogP) is 3.14. The van der Waals surface area contributed by atoms with Gasteiger partial charge in [0.15, 0.2) is 0 Å². The lowest BCUT2D eigenvalue weighted by atomic mass is 10.0. The van der Waals surface area contributed by atoms with Crippen molar-refractivity contribution in [1.29, 1.82) is 0 Å². The molecule has 2 N–H and O–H groups in total. The average molecular weight is 267 g/mol. The van der Waals surface area contributed by atoms with Crippen molar-refractivity contribution in [2.45, 2.75) is 6.92 Å². The number of nitrogens with two attached hydrogens (primary N) is 1. The van der Waals surface area contributed by atoms with Crippen LogP contribution in [-0.4, -0.2) is 16.9 Å². The molecule has 0 atom stereocenters. The Kier molecular flexibility index (Phi) is 2.86. The second kappa shape index (κ2) is 4.56. The van der Waals surface area contributed by atoms with E-state index < -0.39 is 0 Å². The lowest BCUT2D eigenvalue weighted by Gasteiger charge is -2.07. The summed E-state index contributed by atoms with van der Waals surface area (Å²) in [5.41, 5.74) is 9.75. The topological polar surface area (TPSA) is 53.1 Å². The van der Waals surface area contributed by atoms with E-state index in [2.05, 4.69) is 29.4 Å². The largest absolute Gasteiger partial charge is 0.497 e. The van der Waals surface area contributed by atoms with Gasteiger partial charge in [-0.2, -0.15) is 5.10 Å². The van der Waals surface area contributed by atoms with Crippen LogP contribution in [0.4, 0.5) is 5.69 Å². The minimum atomic E-state index is 0.736. The lowest BCUT2D eigenvalue weighted by molar-refractivity contribution is 0.415. The zero-order valence-corrected chi connectivity index (χ0v) is 11.8. The summed E-state index contributed by atoms with van der Waals surface area (Å²) >= 11 is 0. The van der Waals surface area contributed by atoms with Crippen LogP contribution >= 0.6 is 0 Å². The second-order valence-electron chi connectivity index (χ2n) is 4.90. The van der Waals surface area contributed by atoms with Crippen LogP contribution in [0.1, 0.15) is 5.69 Å². The Morgan fingerprint density at radius 1 is 1.10 bits per heavy atom. The van der Waals surface area contributed by atoms with E-state index in [1.165, 1.54) is 0 Å². The van der Waals surface area contributed by atoms with Crippen LogP contribution in [0.25, 0.3) is 22.0 Å². The number of aryl methyl sites for hydroxylation is 2. The van der Waals surface area contributed by atoms with Crippen molar-refractivity contribution in [3.8, 4) is 17.0 Å². The highest BCUT2D eigenvalue weighted by molar-refractivity contribution is 5.89. The molecule has 0 amide bonds. The fourth-order valence-corrected chi connectivity index (χ4v) is 2.51. The number of hydrogen-bond acceptors (Lipinski definition) is 3. The number of aromatic nitrogens is 2. The number of methoxy groups -OCH3 is 1. The van der Waals surface area contributed by atoms with E-state index in [4.69, 9.17) is 10.5 Å². The number of anilines is 1. The van der Waals surface area contributed by atoms with Gasteiger partial charge in [-0.25, -0.2) is 0 Å². The Bertz CT molecular complexity index is 790. The summed E-state index contributed by atoms with van der Waals surface area (Å²) in [5.74, 6) is 0.862. The summed E-state index contributed by atoms with van der Waals surface area (Å²) in [6, 6.07) is 12.3. The third-order valence-corrected chi connectivity index (χ3v) is 3.59. The van der Waals surface area contributed by atoms with E-state index in [1.807, 2.05) is 30.8 Å². The van der Waals surface area contributed by atoms with E-state index in [0.717, 1.165) is 39.2 Å². The average Bonchev–Trinajstić information content (AvgIpc) is 2.71. The molecule has 0 radical (unpaired) electrons. The number of nitrogens with zero attached hydrogens (tertiary/aromatic N) is 2. The quantitative estimate of drug-likeness (QED) is 0.776. The van der Waals surface area contributed by atoms with E-state index in [1.54, 1.807) is 7.11 Å². The molecule has 0 aliphatic rings. The van der Waals surface area contributed by atoms with Crippen LogP contribution in [0, 0.1) is 6.92 Å². The highest BCUT2D eigenvalue weighted by Gasteiger charge is 2.12. The van der Waals surface area contributed by atoms with Gasteiger partial charge in [0.25, 0.3) is 0 Å². The predicted molar refractivity (Wildman–Crippen MR) is 81.9 cm³/mol. The highest BCUT2D eigenvalue weighted by Crippen LogP contribution is 2.31. The first kappa shape index (κ1) is 12.5. The zero-order chi connectivity index (χ0) is 14.3. The molecule has 3 aromatic rings. The lowest BCUT2D eigenvalue weighted by Crippen LogP contribution is -1.95. The summed E-state index contributed by atoms with van der Waals surface area (Å²) in [6.45, 7) is 1.92. The van der Waals surface area contributed by atoms with Crippen LogP contribution in [0.5, 0.6) is 5.75 Å².